The molecule has 0 unspecified atom stereocenters. The van der Waals surface area contributed by atoms with Gasteiger partial charge >= 0.3 is 0 Å². The van der Waals surface area contributed by atoms with Crippen molar-refractivity contribution in [3.05, 3.63) is 18.5 Å². The maximum atomic E-state index is 5.89. The zero-order valence-corrected chi connectivity index (χ0v) is 8.96. The van der Waals surface area contributed by atoms with E-state index in [1.165, 1.54) is 17.9 Å². The molecule has 76 valence electrons. The van der Waals surface area contributed by atoms with Gasteiger partial charge in [-0.2, -0.15) is 11.8 Å². The third-order valence-electron chi connectivity index (χ3n) is 2.39. The van der Waals surface area contributed by atoms with E-state index in [-0.39, 0.29) is 0 Å². The molecule has 4 heteroatoms. The van der Waals surface area contributed by atoms with Crippen molar-refractivity contribution in [1.82, 2.24) is 4.98 Å². The van der Waals surface area contributed by atoms with E-state index in [2.05, 4.69) is 9.88 Å². The molecule has 0 amide bonds. The quantitative estimate of drug-likeness (QED) is 0.763. The predicted molar refractivity (Wildman–Crippen MR) is 62.8 cm³/mol. The number of hydrogen-bond donors (Lipinski definition) is 1. The van der Waals surface area contributed by atoms with E-state index in [1.54, 1.807) is 6.20 Å². The Morgan fingerprint density at radius 2 is 2.29 bits per heavy atom. The van der Waals surface area contributed by atoms with Gasteiger partial charge in [-0.1, -0.05) is 0 Å². The molecule has 0 radical (unpaired) electrons. The molecule has 1 aromatic rings. The van der Waals surface area contributed by atoms with Crippen molar-refractivity contribution in [2.45, 2.75) is 6.42 Å². The van der Waals surface area contributed by atoms with Crippen LogP contribution in [0.15, 0.2) is 18.5 Å². The van der Waals surface area contributed by atoms with Gasteiger partial charge in [0.25, 0.3) is 0 Å². The molecule has 0 atom stereocenters. The van der Waals surface area contributed by atoms with Gasteiger partial charge in [0.05, 0.1) is 17.6 Å². The van der Waals surface area contributed by atoms with E-state index in [4.69, 9.17) is 5.73 Å². The van der Waals surface area contributed by atoms with E-state index in [1.807, 2.05) is 24.0 Å². The molecule has 2 N–H and O–H groups in total. The highest BCUT2D eigenvalue weighted by molar-refractivity contribution is 7.99. The molecule has 14 heavy (non-hydrogen) atoms. The first-order chi connectivity index (χ1) is 6.88. The molecule has 1 aliphatic heterocycles. The average Bonchev–Trinajstić information content (AvgIpc) is 2.47. The third-order valence-corrected chi connectivity index (χ3v) is 3.44. The van der Waals surface area contributed by atoms with Gasteiger partial charge in [0.2, 0.25) is 0 Å². The zero-order chi connectivity index (χ0) is 9.80. The molecule has 0 aliphatic carbocycles. The van der Waals surface area contributed by atoms with Crippen LogP contribution in [-0.2, 0) is 0 Å². The Labute approximate surface area is 88.7 Å². The fourth-order valence-corrected chi connectivity index (χ4v) is 2.56. The number of hydrogen-bond acceptors (Lipinski definition) is 4. The highest BCUT2D eigenvalue weighted by atomic mass is 32.2. The van der Waals surface area contributed by atoms with Crippen LogP contribution in [0.25, 0.3) is 0 Å². The van der Waals surface area contributed by atoms with Gasteiger partial charge in [0.15, 0.2) is 0 Å². The first kappa shape index (κ1) is 9.65. The highest BCUT2D eigenvalue weighted by Crippen LogP contribution is 2.23. The fraction of sp³-hybridized carbons (Fsp3) is 0.500. The molecule has 0 aromatic carbocycles. The molecule has 1 saturated heterocycles. The Hall–Kier alpha value is -0.900. The Balaban J connectivity index is 2.16. The molecular weight excluding hydrogens is 194 g/mol. The normalized spacial score (nSPS) is 17.9. The Morgan fingerprint density at radius 1 is 1.36 bits per heavy atom. The van der Waals surface area contributed by atoms with E-state index < -0.39 is 0 Å². The topological polar surface area (TPSA) is 42.1 Å². The molecule has 1 aliphatic rings. The van der Waals surface area contributed by atoms with E-state index in [0.29, 0.717) is 0 Å². The molecule has 1 aromatic heterocycles. The Bertz CT molecular complexity index is 295. The Kier molecular flexibility index (Phi) is 3.14. The van der Waals surface area contributed by atoms with Crippen LogP contribution in [0.4, 0.5) is 11.4 Å². The van der Waals surface area contributed by atoms with Gasteiger partial charge in [-0.05, 0) is 18.2 Å². The minimum Gasteiger partial charge on any atom is -0.396 e. The van der Waals surface area contributed by atoms with Gasteiger partial charge in [0, 0.05) is 25.0 Å². The van der Waals surface area contributed by atoms with Gasteiger partial charge < -0.3 is 10.6 Å². The minimum absolute atomic E-state index is 0.791. The van der Waals surface area contributed by atoms with Gasteiger partial charge in [-0.15, -0.1) is 0 Å². The molecule has 2 heterocycles. The van der Waals surface area contributed by atoms with Crippen LogP contribution < -0.4 is 10.6 Å². The van der Waals surface area contributed by atoms with Crippen LogP contribution in [0.1, 0.15) is 6.42 Å². The van der Waals surface area contributed by atoms with Crippen LogP contribution in [0, 0.1) is 0 Å². The summed E-state index contributed by atoms with van der Waals surface area (Å²) in [7, 11) is 0. The van der Waals surface area contributed by atoms with Gasteiger partial charge in [-0.3, -0.25) is 4.98 Å². The van der Waals surface area contributed by atoms with E-state index >= 15 is 0 Å². The summed E-state index contributed by atoms with van der Waals surface area (Å²) in [5, 5.41) is 0. The lowest BCUT2D eigenvalue weighted by Crippen LogP contribution is -2.26. The number of nitrogens with zero attached hydrogens (tertiary/aromatic N) is 2. The number of thioether (sulfide) groups is 1. The number of pyridine rings is 1. The molecule has 1 fully saturated rings. The second-order valence-corrected chi connectivity index (χ2v) is 4.61. The summed E-state index contributed by atoms with van der Waals surface area (Å²) >= 11 is 2.02. The maximum absolute atomic E-state index is 5.89. The van der Waals surface area contributed by atoms with Crippen LogP contribution in [-0.4, -0.2) is 29.6 Å². The van der Waals surface area contributed by atoms with E-state index in [9.17, 15) is 0 Å². The van der Waals surface area contributed by atoms with E-state index in [0.717, 1.165) is 24.5 Å². The smallest absolute Gasteiger partial charge is 0.0738 e. The largest absolute Gasteiger partial charge is 0.396 e. The summed E-state index contributed by atoms with van der Waals surface area (Å²) in [5.74, 6) is 2.46. The lowest BCUT2D eigenvalue weighted by atomic mass is 10.3. The second kappa shape index (κ2) is 4.55. The molecular formula is C10H15N3S. The van der Waals surface area contributed by atoms with Crippen molar-refractivity contribution in [3.8, 4) is 0 Å². The summed E-state index contributed by atoms with van der Waals surface area (Å²) in [6, 6.07) is 2.01. The lowest BCUT2D eigenvalue weighted by Gasteiger charge is -2.23. The number of aromatic nitrogens is 1. The summed E-state index contributed by atoms with van der Waals surface area (Å²) in [6.45, 7) is 2.21. The van der Waals surface area contributed by atoms with Crippen molar-refractivity contribution >= 4 is 23.1 Å². The molecule has 0 bridgehead atoms. The van der Waals surface area contributed by atoms with Gasteiger partial charge in [0.1, 0.15) is 0 Å². The van der Waals surface area contributed by atoms with Crippen LogP contribution in [0.5, 0.6) is 0 Å². The molecule has 0 saturated carbocycles. The minimum atomic E-state index is 0.791. The molecule has 2 rings (SSSR count). The van der Waals surface area contributed by atoms with Gasteiger partial charge in [-0.25, -0.2) is 0 Å². The first-order valence-electron chi connectivity index (χ1n) is 4.90. The number of anilines is 2. The van der Waals surface area contributed by atoms with Crippen LogP contribution in [0.2, 0.25) is 0 Å². The van der Waals surface area contributed by atoms with Crippen LogP contribution in [0.3, 0.4) is 0 Å². The predicted octanol–water partition coefficient (Wildman–Crippen LogP) is 1.61. The second-order valence-electron chi connectivity index (χ2n) is 3.39. The summed E-state index contributed by atoms with van der Waals surface area (Å²) in [5.41, 5.74) is 7.82. The standard InChI is InChI=1S/C10H15N3S/c11-9-8-12-3-2-10(9)13-4-1-6-14-7-5-13/h2-3,8H,1,4-7,11H2. The number of nitrogens with two attached hydrogens (primary N) is 1. The van der Waals surface area contributed by atoms with Crippen molar-refractivity contribution in [1.29, 1.82) is 0 Å². The highest BCUT2D eigenvalue weighted by Gasteiger charge is 2.11. The molecule has 0 spiro atoms. The monoisotopic (exact) mass is 209 g/mol. The lowest BCUT2D eigenvalue weighted by molar-refractivity contribution is 0.816. The molecule has 3 nitrogen and oxygen atoms in total. The first-order valence-corrected chi connectivity index (χ1v) is 6.05. The average molecular weight is 209 g/mol. The van der Waals surface area contributed by atoms with Crippen molar-refractivity contribution < 1.29 is 0 Å². The fourth-order valence-electron chi connectivity index (χ4n) is 1.67. The third kappa shape index (κ3) is 2.12. The van der Waals surface area contributed by atoms with Crippen molar-refractivity contribution in [3.63, 3.8) is 0 Å². The van der Waals surface area contributed by atoms with Crippen molar-refractivity contribution in [2.75, 3.05) is 35.2 Å². The van der Waals surface area contributed by atoms with Crippen molar-refractivity contribution in [2.24, 2.45) is 0 Å². The maximum Gasteiger partial charge on any atom is 0.0738 e. The SMILES string of the molecule is Nc1cnccc1N1CCCSCC1. The number of rotatable bonds is 1. The Morgan fingerprint density at radius 3 is 3.14 bits per heavy atom. The zero-order valence-electron chi connectivity index (χ0n) is 8.15. The van der Waals surface area contributed by atoms with Crippen LogP contribution >= 0.6 is 11.8 Å². The summed E-state index contributed by atoms with van der Waals surface area (Å²) in [4.78, 5) is 6.36. The summed E-state index contributed by atoms with van der Waals surface area (Å²) < 4.78 is 0. The number of nitrogen functional groups attached to an aromatic ring is 1. The summed E-state index contributed by atoms with van der Waals surface area (Å²) in [6.07, 6.45) is 4.78.